The summed E-state index contributed by atoms with van der Waals surface area (Å²) in [6, 6.07) is 10.0. The molecule has 0 aliphatic heterocycles. The van der Waals surface area contributed by atoms with Crippen LogP contribution in [0.3, 0.4) is 0 Å². The van der Waals surface area contributed by atoms with E-state index in [0.29, 0.717) is 18.2 Å². The van der Waals surface area contributed by atoms with Crippen LogP contribution in [0, 0.1) is 0 Å². The molecule has 3 rings (SSSR count). The fraction of sp³-hybridized carbons (Fsp3) is 0.389. The van der Waals surface area contributed by atoms with Crippen LogP contribution in [0.5, 0.6) is 0 Å². The second-order valence-electron chi connectivity index (χ2n) is 5.95. The van der Waals surface area contributed by atoms with E-state index in [1.807, 2.05) is 0 Å². The van der Waals surface area contributed by atoms with E-state index in [9.17, 15) is 4.79 Å². The Morgan fingerprint density at radius 3 is 2.96 bits per heavy atom. The molecule has 1 atom stereocenters. The fourth-order valence-electron chi connectivity index (χ4n) is 3.04. The number of anilines is 1. The predicted molar refractivity (Wildman–Crippen MR) is 91.8 cm³/mol. The van der Waals surface area contributed by atoms with Crippen LogP contribution in [0.25, 0.3) is 0 Å². The van der Waals surface area contributed by atoms with Gasteiger partial charge in [-0.05, 0) is 42.9 Å². The maximum absolute atomic E-state index is 12.3. The lowest BCUT2D eigenvalue weighted by molar-refractivity contribution is 0.178. The SMILES string of the molecule is COCc1nccc(NC(=O)NC2CCCc3ccccc3C2)n1. The molecular formula is C18H22N4O2. The summed E-state index contributed by atoms with van der Waals surface area (Å²) in [5.74, 6) is 1.02. The molecule has 2 N–H and O–H groups in total. The molecule has 1 unspecified atom stereocenters. The molecule has 0 spiro atoms. The van der Waals surface area contributed by atoms with Crippen molar-refractivity contribution in [2.24, 2.45) is 0 Å². The van der Waals surface area contributed by atoms with E-state index >= 15 is 0 Å². The van der Waals surface area contributed by atoms with Gasteiger partial charge in [0.1, 0.15) is 12.4 Å². The number of urea groups is 1. The van der Waals surface area contributed by atoms with Gasteiger partial charge in [-0.15, -0.1) is 0 Å². The Morgan fingerprint density at radius 1 is 1.29 bits per heavy atom. The molecule has 1 aliphatic carbocycles. The van der Waals surface area contributed by atoms with E-state index in [4.69, 9.17) is 4.74 Å². The summed E-state index contributed by atoms with van der Waals surface area (Å²) < 4.78 is 5.00. The summed E-state index contributed by atoms with van der Waals surface area (Å²) >= 11 is 0. The van der Waals surface area contributed by atoms with Crippen LogP contribution in [-0.2, 0) is 24.2 Å². The monoisotopic (exact) mass is 326 g/mol. The number of benzene rings is 1. The zero-order valence-corrected chi connectivity index (χ0v) is 13.8. The number of ether oxygens (including phenoxy) is 1. The molecule has 6 heteroatoms. The molecule has 1 heterocycles. The van der Waals surface area contributed by atoms with Gasteiger partial charge < -0.3 is 10.1 Å². The van der Waals surface area contributed by atoms with Gasteiger partial charge in [-0.2, -0.15) is 0 Å². The molecule has 1 aromatic carbocycles. The van der Waals surface area contributed by atoms with Crippen LogP contribution < -0.4 is 10.6 Å². The van der Waals surface area contributed by atoms with Gasteiger partial charge in [0.05, 0.1) is 0 Å². The number of carbonyl (C=O) groups is 1. The molecule has 1 aliphatic rings. The summed E-state index contributed by atoms with van der Waals surface area (Å²) in [7, 11) is 1.58. The molecule has 0 fully saturated rings. The molecule has 0 radical (unpaired) electrons. The lowest BCUT2D eigenvalue weighted by Crippen LogP contribution is -2.39. The number of hydrogen-bond acceptors (Lipinski definition) is 4. The molecule has 2 aromatic rings. The van der Waals surface area contributed by atoms with Crippen LogP contribution >= 0.6 is 0 Å². The molecule has 1 aromatic heterocycles. The van der Waals surface area contributed by atoms with Crippen LogP contribution in [0.1, 0.15) is 29.8 Å². The van der Waals surface area contributed by atoms with E-state index in [0.717, 1.165) is 25.7 Å². The van der Waals surface area contributed by atoms with Crippen molar-refractivity contribution in [3.05, 3.63) is 53.5 Å². The highest BCUT2D eigenvalue weighted by molar-refractivity contribution is 5.88. The van der Waals surface area contributed by atoms with Crippen molar-refractivity contribution in [2.75, 3.05) is 12.4 Å². The van der Waals surface area contributed by atoms with Crippen LogP contribution in [-0.4, -0.2) is 29.2 Å². The first-order valence-electron chi connectivity index (χ1n) is 8.20. The van der Waals surface area contributed by atoms with Gasteiger partial charge in [0.15, 0.2) is 5.82 Å². The first-order valence-corrected chi connectivity index (χ1v) is 8.20. The molecule has 2 amide bonds. The topological polar surface area (TPSA) is 76.1 Å². The summed E-state index contributed by atoms with van der Waals surface area (Å²) in [6.45, 7) is 0.316. The van der Waals surface area contributed by atoms with Gasteiger partial charge in [0, 0.05) is 19.3 Å². The maximum atomic E-state index is 12.3. The Bertz CT molecular complexity index is 705. The molecule has 0 saturated heterocycles. The Morgan fingerprint density at radius 2 is 2.12 bits per heavy atom. The number of nitrogens with zero attached hydrogens (tertiary/aromatic N) is 2. The molecule has 0 saturated carbocycles. The van der Waals surface area contributed by atoms with Gasteiger partial charge >= 0.3 is 6.03 Å². The minimum atomic E-state index is -0.235. The molecule has 126 valence electrons. The van der Waals surface area contributed by atoms with E-state index in [-0.39, 0.29) is 12.1 Å². The van der Waals surface area contributed by atoms with Gasteiger partial charge in [0.2, 0.25) is 0 Å². The predicted octanol–water partition coefficient (Wildman–Crippen LogP) is 2.69. The van der Waals surface area contributed by atoms with Crippen molar-refractivity contribution < 1.29 is 9.53 Å². The second-order valence-corrected chi connectivity index (χ2v) is 5.95. The minimum Gasteiger partial charge on any atom is -0.377 e. The Kier molecular flexibility index (Phi) is 5.38. The Hall–Kier alpha value is -2.47. The summed E-state index contributed by atoms with van der Waals surface area (Å²) in [5.41, 5.74) is 2.71. The second kappa shape index (κ2) is 7.88. The van der Waals surface area contributed by atoms with Crippen molar-refractivity contribution in [1.29, 1.82) is 0 Å². The third kappa shape index (κ3) is 4.29. The normalized spacial score (nSPS) is 16.8. The first kappa shape index (κ1) is 16.4. The number of amides is 2. The average Bonchev–Trinajstić information content (AvgIpc) is 2.77. The van der Waals surface area contributed by atoms with Gasteiger partial charge in [0.25, 0.3) is 0 Å². The van der Waals surface area contributed by atoms with E-state index in [1.165, 1.54) is 11.1 Å². The van der Waals surface area contributed by atoms with E-state index in [1.54, 1.807) is 19.4 Å². The Labute approximate surface area is 141 Å². The van der Waals surface area contributed by atoms with Crippen LogP contribution in [0.15, 0.2) is 36.5 Å². The van der Waals surface area contributed by atoms with E-state index < -0.39 is 0 Å². The van der Waals surface area contributed by atoms with Crippen molar-refractivity contribution in [2.45, 2.75) is 38.3 Å². The third-order valence-electron chi connectivity index (χ3n) is 4.14. The number of methoxy groups -OCH3 is 1. The number of aromatic nitrogens is 2. The number of rotatable bonds is 4. The lowest BCUT2D eigenvalue weighted by Gasteiger charge is -2.17. The molecular weight excluding hydrogens is 304 g/mol. The average molecular weight is 326 g/mol. The van der Waals surface area contributed by atoms with Crippen molar-refractivity contribution in [3.8, 4) is 0 Å². The number of aryl methyl sites for hydroxylation is 1. The first-order chi connectivity index (χ1) is 11.7. The molecule has 0 bridgehead atoms. The highest BCUT2D eigenvalue weighted by Gasteiger charge is 2.18. The number of hydrogen-bond donors (Lipinski definition) is 2. The molecule has 24 heavy (non-hydrogen) atoms. The summed E-state index contributed by atoms with van der Waals surface area (Å²) in [6.07, 6.45) is 5.59. The fourth-order valence-corrected chi connectivity index (χ4v) is 3.04. The summed E-state index contributed by atoms with van der Waals surface area (Å²) in [4.78, 5) is 20.6. The van der Waals surface area contributed by atoms with Crippen LogP contribution in [0.2, 0.25) is 0 Å². The summed E-state index contributed by atoms with van der Waals surface area (Å²) in [5, 5.41) is 5.83. The van der Waals surface area contributed by atoms with Gasteiger partial charge in [-0.1, -0.05) is 24.3 Å². The van der Waals surface area contributed by atoms with Gasteiger partial charge in [-0.3, -0.25) is 5.32 Å². The number of nitrogens with one attached hydrogen (secondary N) is 2. The standard InChI is InChI=1S/C18H22N4O2/c1-24-12-17-19-10-9-16(21-17)22-18(23)20-15-8-4-7-13-5-2-3-6-14(13)11-15/h2-3,5-6,9-10,15H,4,7-8,11-12H2,1H3,(H2,19,20,21,22,23). The smallest absolute Gasteiger partial charge is 0.320 e. The van der Waals surface area contributed by atoms with E-state index in [2.05, 4.69) is 44.9 Å². The van der Waals surface area contributed by atoms with Crippen molar-refractivity contribution in [1.82, 2.24) is 15.3 Å². The van der Waals surface area contributed by atoms with Crippen molar-refractivity contribution in [3.63, 3.8) is 0 Å². The lowest BCUT2D eigenvalue weighted by atomic mass is 10.0. The highest BCUT2D eigenvalue weighted by atomic mass is 16.5. The number of carbonyl (C=O) groups excluding carboxylic acids is 1. The van der Waals surface area contributed by atoms with Crippen LogP contribution in [0.4, 0.5) is 10.6 Å². The zero-order valence-electron chi connectivity index (χ0n) is 13.8. The highest BCUT2D eigenvalue weighted by Crippen LogP contribution is 2.20. The van der Waals surface area contributed by atoms with Gasteiger partial charge in [-0.25, -0.2) is 14.8 Å². The third-order valence-corrected chi connectivity index (χ3v) is 4.14. The molecule has 6 nitrogen and oxygen atoms in total. The maximum Gasteiger partial charge on any atom is 0.320 e. The quantitative estimate of drug-likeness (QED) is 0.847. The zero-order chi connectivity index (χ0) is 16.8. The largest absolute Gasteiger partial charge is 0.377 e. The number of fused-ring (bicyclic) bond motifs is 1. The Balaban J connectivity index is 1.60. The van der Waals surface area contributed by atoms with Crippen molar-refractivity contribution >= 4 is 11.8 Å². The minimum absolute atomic E-state index is 0.133.